The number of nitrogens with zero attached hydrogens (tertiary/aromatic N) is 2. The zero-order chi connectivity index (χ0) is 20.4. The average molecular weight is 476 g/mol. The molecule has 1 fully saturated rings. The second kappa shape index (κ2) is 8.59. The van der Waals surface area contributed by atoms with E-state index in [1.807, 2.05) is 24.3 Å². The topological polar surface area (TPSA) is 52.8 Å². The molecule has 0 saturated heterocycles. The van der Waals surface area contributed by atoms with Crippen molar-refractivity contribution in [2.45, 2.75) is 31.8 Å². The number of hydrogen-bond acceptors (Lipinski definition) is 4. The summed E-state index contributed by atoms with van der Waals surface area (Å²) in [7, 11) is 1.64. The lowest BCUT2D eigenvalue weighted by atomic mass is 10.1. The number of pyridine rings is 1. The first-order valence-electron chi connectivity index (χ1n) is 9.46. The standard InChI is InChI=1S/C22H20BrClN2O3/c1-28-18-8-4-5-14(21(18)29-16-6-2-3-7-16)9-11-17-20(23)22(27)26-13-15(24)10-12-19(26)25-17/h4-5,8-13,16H,2-3,6-7H2,1H3. The molecule has 0 amide bonds. The predicted octanol–water partition coefficient (Wildman–Crippen LogP) is 5.61. The minimum atomic E-state index is -0.217. The number of hydrogen-bond donors (Lipinski definition) is 0. The molecule has 0 radical (unpaired) electrons. The molecule has 2 heterocycles. The van der Waals surface area contributed by atoms with E-state index in [1.165, 1.54) is 17.2 Å². The highest BCUT2D eigenvalue weighted by Crippen LogP contribution is 2.36. The van der Waals surface area contributed by atoms with Crippen molar-refractivity contribution < 1.29 is 9.47 Å². The lowest BCUT2D eigenvalue weighted by Crippen LogP contribution is -2.17. The van der Waals surface area contributed by atoms with Gasteiger partial charge in [0.1, 0.15) is 10.1 Å². The van der Waals surface area contributed by atoms with E-state index in [1.54, 1.807) is 31.5 Å². The highest BCUT2D eigenvalue weighted by molar-refractivity contribution is 9.10. The average Bonchev–Trinajstić information content (AvgIpc) is 3.24. The van der Waals surface area contributed by atoms with Gasteiger partial charge in [0.2, 0.25) is 0 Å². The van der Waals surface area contributed by atoms with E-state index in [0.717, 1.165) is 24.2 Å². The second-order valence-electron chi connectivity index (χ2n) is 6.93. The monoisotopic (exact) mass is 474 g/mol. The fraction of sp³-hybridized carbons (Fsp3) is 0.273. The Balaban J connectivity index is 1.73. The fourth-order valence-electron chi connectivity index (χ4n) is 3.51. The number of ether oxygens (including phenoxy) is 2. The largest absolute Gasteiger partial charge is 0.493 e. The summed E-state index contributed by atoms with van der Waals surface area (Å²) >= 11 is 9.37. The van der Waals surface area contributed by atoms with Crippen molar-refractivity contribution in [3.05, 3.63) is 67.6 Å². The van der Waals surface area contributed by atoms with Crippen LogP contribution in [0.15, 0.2) is 45.8 Å². The van der Waals surface area contributed by atoms with E-state index in [-0.39, 0.29) is 11.7 Å². The minimum Gasteiger partial charge on any atom is -0.493 e. The van der Waals surface area contributed by atoms with Gasteiger partial charge in [0.05, 0.1) is 23.9 Å². The summed E-state index contributed by atoms with van der Waals surface area (Å²) in [5.41, 5.74) is 1.72. The van der Waals surface area contributed by atoms with Crippen molar-refractivity contribution in [1.29, 1.82) is 0 Å². The van der Waals surface area contributed by atoms with Gasteiger partial charge in [0.15, 0.2) is 11.5 Å². The van der Waals surface area contributed by atoms with Crippen molar-refractivity contribution in [2.75, 3.05) is 7.11 Å². The zero-order valence-corrected chi connectivity index (χ0v) is 18.2. The summed E-state index contributed by atoms with van der Waals surface area (Å²) in [5.74, 6) is 1.41. The number of para-hydroxylation sites is 1. The molecule has 3 aromatic rings. The molecule has 0 unspecified atom stereocenters. The molecule has 29 heavy (non-hydrogen) atoms. The van der Waals surface area contributed by atoms with Gasteiger partial charge in [-0.15, -0.1) is 0 Å². The molecule has 1 aromatic carbocycles. The molecule has 7 heteroatoms. The van der Waals surface area contributed by atoms with Gasteiger partial charge in [-0.2, -0.15) is 0 Å². The van der Waals surface area contributed by atoms with E-state index in [4.69, 9.17) is 21.1 Å². The molecule has 5 nitrogen and oxygen atoms in total. The van der Waals surface area contributed by atoms with Crippen LogP contribution in [0.3, 0.4) is 0 Å². The van der Waals surface area contributed by atoms with Crippen molar-refractivity contribution in [3.63, 3.8) is 0 Å². The SMILES string of the molecule is COc1cccc(C=Cc2nc3ccc(Cl)cn3c(=O)c2Br)c1OC1CCCC1. The van der Waals surface area contributed by atoms with Gasteiger partial charge in [0.25, 0.3) is 5.56 Å². The molecule has 4 rings (SSSR count). The summed E-state index contributed by atoms with van der Waals surface area (Å²) in [6.45, 7) is 0. The highest BCUT2D eigenvalue weighted by atomic mass is 79.9. The molecule has 2 aromatic heterocycles. The Bertz CT molecular complexity index is 1140. The molecular weight excluding hydrogens is 456 g/mol. The first kappa shape index (κ1) is 20.0. The molecule has 0 atom stereocenters. The van der Waals surface area contributed by atoms with Gasteiger partial charge in [-0.25, -0.2) is 4.98 Å². The molecule has 150 valence electrons. The zero-order valence-electron chi connectivity index (χ0n) is 15.9. The van der Waals surface area contributed by atoms with Gasteiger partial charge >= 0.3 is 0 Å². The van der Waals surface area contributed by atoms with Crippen molar-refractivity contribution in [3.8, 4) is 11.5 Å². The van der Waals surface area contributed by atoms with Crippen LogP contribution in [0.1, 0.15) is 36.9 Å². The molecule has 0 aliphatic heterocycles. The third kappa shape index (κ3) is 4.19. The Kier molecular flexibility index (Phi) is 5.92. The van der Waals surface area contributed by atoms with Crippen LogP contribution in [0.25, 0.3) is 17.8 Å². The van der Waals surface area contributed by atoms with Crippen LogP contribution < -0.4 is 15.0 Å². The highest BCUT2D eigenvalue weighted by Gasteiger charge is 2.20. The van der Waals surface area contributed by atoms with Crippen LogP contribution in [0.2, 0.25) is 5.02 Å². The molecular formula is C22H20BrClN2O3. The second-order valence-corrected chi connectivity index (χ2v) is 8.16. The number of halogens is 2. The number of methoxy groups -OCH3 is 1. The van der Waals surface area contributed by atoms with Crippen LogP contribution in [0, 0.1) is 0 Å². The lowest BCUT2D eigenvalue weighted by Gasteiger charge is -2.18. The normalized spacial score (nSPS) is 14.7. The molecule has 0 N–H and O–H groups in total. The number of rotatable bonds is 5. The van der Waals surface area contributed by atoms with E-state index in [0.29, 0.717) is 26.6 Å². The van der Waals surface area contributed by atoms with E-state index in [9.17, 15) is 4.79 Å². The Labute approximate surface area is 182 Å². The summed E-state index contributed by atoms with van der Waals surface area (Å²) in [6.07, 6.45) is 9.94. The molecule has 1 aliphatic carbocycles. The molecule has 1 aliphatic rings. The predicted molar refractivity (Wildman–Crippen MR) is 119 cm³/mol. The van der Waals surface area contributed by atoms with Crippen molar-refractivity contribution in [2.24, 2.45) is 0 Å². The Morgan fingerprint density at radius 1 is 1.21 bits per heavy atom. The first-order chi connectivity index (χ1) is 14.1. The van der Waals surface area contributed by atoms with Gasteiger partial charge in [0, 0.05) is 11.8 Å². The third-order valence-electron chi connectivity index (χ3n) is 4.99. The van der Waals surface area contributed by atoms with Gasteiger partial charge < -0.3 is 9.47 Å². The van der Waals surface area contributed by atoms with Crippen LogP contribution in [0.5, 0.6) is 11.5 Å². The maximum absolute atomic E-state index is 12.6. The number of fused-ring (bicyclic) bond motifs is 1. The van der Waals surface area contributed by atoms with Gasteiger partial charge in [-0.3, -0.25) is 9.20 Å². The van der Waals surface area contributed by atoms with Crippen molar-refractivity contribution in [1.82, 2.24) is 9.38 Å². The number of benzene rings is 1. The van der Waals surface area contributed by atoms with Crippen LogP contribution >= 0.6 is 27.5 Å². The molecule has 1 saturated carbocycles. The van der Waals surface area contributed by atoms with Crippen LogP contribution in [-0.4, -0.2) is 22.6 Å². The van der Waals surface area contributed by atoms with E-state index in [2.05, 4.69) is 20.9 Å². The Morgan fingerprint density at radius 3 is 2.76 bits per heavy atom. The first-order valence-corrected chi connectivity index (χ1v) is 10.6. The maximum atomic E-state index is 12.6. The molecule has 0 spiro atoms. The third-order valence-corrected chi connectivity index (χ3v) is 5.96. The van der Waals surface area contributed by atoms with Crippen LogP contribution in [-0.2, 0) is 0 Å². The Hall–Kier alpha value is -2.31. The fourth-order valence-corrected chi connectivity index (χ4v) is 4.08. The maximum Gasteiger partial charge on any atom is 0.272 e. The summed E-state index contributed by atoms with van der Waals surface area (Å²) in [6, 6.07) is 9.20. The summed E-state index contributed by atoms with van der Waals surface area (Å²) < 4.78 is 13.6. The summed E-state index contributed by atoms with van der Waals surface area (Å²) in [5, 5.41) is 0.474. The number of aromatic nitrogens is 2. The van der Waals surface area contributed by atoms with Gasteiger partial charge in [-0.1, -0.05) is 23.7 Å². The quantitative estimate of drug-likeness (QED) is 0.481. The van der Waals surface area contributed by atoms with Crippen molar-refractivity contribution >= 4 is 45.3 Å². The molecule has 0 bridgehead atoms. The minimum absolute atomic E-state index is 0.207. The Morgan fingerprint density at radius 2 is 2.00 bits per heavy atom. The summed E-state index contributed by atoms with van der Waals surface area (Å²) in [4.78, 5) is 17.2. The van der Waals surface area contributed by atoms with E-state index >= 15 is 0 Å². The van der Waals surface area contributed by atoms with Gasteiger partial charge in [-0.05, 0) is 72.0 Å². The lowest BCUT2D eigenvalue weighted by molar-refractivity contribution is 0.200. The van der Waals surface area contributed by atoms with E-state index < -0.39 is 0 Å². The smallest absolute Gasteiger partial charge is 0.272 e. The van der Waals surface area contributed by atoms with Crippen LogP contribution in [0.4, 0.5) is 0 Å².